The maximum atomic E-state index is 13.8. The first-order valence-electron chi connectivity index (χ1n) is 10.4. The van der Waals surface area contributed by atoms with Crippen LogP contribution < -0.4 is 16.4 Å². The molecule has 1 aliphatic carbocycles. The SMILES string of the molecule is NC(=O)c1c(NC(=O)c2cc3n(n2)[C@@H](C(F)(F)F)C[C@H](c2ccco2)N3)sc2c1CCCC2. The standard InChI is InChI=1S/C21H20F3N5O3S/c22-21(23,24)15-8-11(13-5-3-7-32-13)26-16-9-12(28-29(15)16)19(31)27-20-17(18(25)30)10-4-1-2-6-14(10)33-20/h3,5,7,9,11,15,26H,1-2,4,6,8H2,(H2,25,30)(H,27,31)/t11-,15-/m1/s1. The van der Waals surface area contributed by atoms with Crippen LogP contribution in [0.4, 0.5) is 24.0 Å². The van der Waals surface area contributed by atoms with Crippen molar-refractivity contribution in [3.63, 3.8) is 0 Å². The molecule has 3 aromatic rings. The lowest BCUT2D eigenvalue weighted by molar-refractivity contribution is -0.174. The minimum Gasteiger partial charge on any atom is -0.467 e. The number of carbonyl (C=O) groups excluding carboxylic acids is 2. The number of amides is 2. The van der Waals surface area contributed by atoms with Crippen molar-refractivity contribution < 1.29 is 27.2 Å². The van der Waals surface area contributed by atoms with Crippen molar-refractivity contribution in [3.8, 4) is 0 Å². The van der Waals surface area contributed by atoms with Gasteiger partial charge in [0.2, 0.25) is 0 Å². The summed E-state index contributed by atoms with van der Waals surface area (Å²) in [6.45, 7) is 0. The quantitative estimate of drug-likeness (QED) is 0.512. The first-order chi connectivity index (χ1) is 15.7. The van der Waals surface area contributed by atoms with E-state index in [1.54, 1.807) is 12.1 Å². The number of fused-ring (bicyclic) bond motifs is 2. The van der Waals surface area contributed by atoms with Gasteiger partial charge in [0.25, 0.3) is 11.8 Å². The van der Waals surface area contributed by atoms with Gasteiger partial charge in [-0.3, -0.25) is 9.59 Å². The summed E-state index contributed by atoms with van der Waals surface area (Å²) in [5.41, 5.74) is 6.48. The topological polar surface area (TPSA) is 115 Å². The van der Waals surface area contributed by atoms with Gasteiger partial charge in [0.05, 0.1) is 17.9 Å². The van der Waals surface area contributed by atoms with Gasteiger partial charge in [0.1, 0.15) is 16.6 Å². The average molecular weight is 479 g/mol. The molecule has 8 nitrogen and oxygen atoms in total. The van der Waals surface area contributed by atoms with Crippen molar-refractivity contribution in [3.05, 3.63) is 51.9 Å². The molecule has 0 unspecified atom stereocenters. The monoisotopic (exact) mass is 479 g/mol. The van der Waals surface area contributed by atoms with Crippen LogP contribution in [0, 0.1) is 0 Å². The van der Waals surface area contributed by atoms with Gasteiger partial charge in [0, 0.05) is 17.4 Å². The molecule has 0 spiro atoms. The van der Waals surface area contributed by atoms with Gasteiger partial charge < -0.3 is 20.8 Å². The zero-order valence-electron chi connectivity index (χ0n) is 17.2. The summed E-state index contributed by atoms with van der Waals surface area (Å²) in [5, 5.41) is 9.86. The van der Waals surface area contributed by atoms with Crippen molar-refractivity contribution in [2.45, 2.75) is 50.4 Å². The number of carbonyl (C=O) groups is 2. The van der Waals surface area contributed by atoms with E-state index in [4.69, 9.17) is 10.2 Å². The van der Waals surface area contributed by atoms with E-state index >= 15 is 0 Å². The van der Waals surface area contributed by atoms with E-state index in [2.05, 4.69) is 15.7 Å². The number of aromatic nitrogens is 2. The van der Waals surface area contributed by atoms with Gasteiger partial charge >= 0.3 is 6.18 Å². The maximum absolute atomic E-state index is 13.8. The normalized spacial score (nSPS) is 20.0. The Bertz CT molecular complexity index is 1210. The molecule has 4 heterocycles. The first kappa shape index (κ1) is 21.6. The lowest BCUT2D eigenvalue weighted by Gasteiger charge is -2.32. The number of nitrogens with two attached hydrogens (primary N) is 1. The number of hydrogen-bond acceptors (Lipinski definition) is 6. The van der Waals surface area contributed by atoms with Gasteiger partial charge in [-0.2, -0.15) is 18.3 Å². The second-order valence-corrected chi connectivity index (χ2v) is 9.20. The summed E-state index contributed by atoms with van der Waals surface area (Å²) < 4.78 is 47.4. The van der Waals surface area contributed by atoms with Crippen LogP contribution in [0.25, 0.3) is 0 Å². The predicted octanol–water partition coefficient (Wildman–Crippen LogP) is 4.43. The molecule has 5 rings (SSSR count). The van der Waals surface area contributed by atoms with E-state index in [1.807, 2.05) is 0 Å². The molecule has 0 saturated heterocycles. The van der Waals surface area contributed by atoms with Gasteiger partial charge in [-0.25, -0.2) is 4.68 Å². The van der Waals surface area contributed by atoms with Crippen LogP contribution in [-0.4, -0.2) is 27.8 Å². The molecule has 4 N–H and O–H groups in total. The molecule has 2 aliphatic rings. The van der Waals surface area contributed by atoms with Gasteiger partial charge in [-0.05, 0) is 43.4 Å². The summed E-state index contributed by atoms with van der Waals surface area (Å²) in [6, 6.07) is 1.80. The van der Waals surface area contributed by atoms with Crippen molar-refractivity contribution in [2.75, 3.05) is 10.6 Å². The minimum atomic E-state index is -4.58. The number of nitrogens with zero attached hydrogens (tertiary/aromatic N) is 2. The lowest BCUT2D eigenvalue weighted by Crippen LogP contribution is -2.35. The fourth-order valence-corrected chi connectivity index (χ4v) is 5.73. The fraction of sp³-hybridized carbons (Fsp3) is 0.381. The number of halogens is 3. The largest absolute Gasteiger partial charge is 0.467 e. The molecule has 33 heavy (non-hydrogen) atoms. The molecule has 1 aliphatic heterocycles. The third-order valence-electron chi connectivity index (χ3n) is 5.95. The van der Waals surface area contributed by atoms with E-state index < -0.39 is 30.1 Å². The molecule has 0 fully saturated rings. The van der Waals surface area contributed by atoms with E-state index in [-0.39, 0.29) is 23.5 Å². The number of alkyl halides is 3. The highest BCUT2D eigenvalue weighted by Crippen LogP contribution is 2.44. The van der Waals surface area contributed by atoms with Gasteiger partial charge in [0.15, 0.2) is 11.7 Å². The summed E-state index contributed by atoms with van der Waals surface area (Å²) in [6.07, 6.45) is -0.129. The Balaban J connectivity index is 1.46. The molecule has 0 aromatic carbocycles. The van der Waals surface area contributed by atoms with Crippen LogP contribution in [0.3, 0.4) is 0 Å². The number of thiophene rings is 1. The summed E-state index contributed by atoms with van der Waals surface area (Å²) in [7, 11) is 0. The highest BCUT2D eigenvalue weighted by Gasteiger charge is 2.47. The molecule has 0 bridgehead atoms. The summed E-state index contributed by atoms with van der Waals surface area (Å²) in [5.74, 6) is -0.946. The lowest BCUT2D eigenvalue weighted by atomic mass is 9.95. The fourth-order valence-electron chi connectivity index (χ4n) is 4.44. The van der Waals surface area contributed by atoms with Crippen LogP contribution in [0.15, 0.2) is 28.9 Å². The van der Waals surface area contributed by atoms with Crippen molar-refractivity contribution in [1.29, 1.82) is 0 Å². The van der Waals surface area contributed by atoms with Crippen LogP contribution in [0.1, 0.15) is 68.4 Å². The van der Waals surface area contributed by atoms with Crippen LogP contribution in [-0.2, 0) is 12.8 Å². The Morgan fingerprint density at radius 2 is 2.09 bits per heavy atom. The Morgan fingerprint density at radius 1 is 1.30 bits per heavy atom. The predicted molar refractivity (Wildman–Crippen MR) is 114 cm³/mol. The number of anilines is 2. The van der Waals surface area contributed by atoms with Crippen molar-refractivity contribution >= 4 is 34.0 Å². The van der Waals surface area contributed by atoms with Gasteiger partial charge in [-0.1, -0.05) is 0 Å². The van der Waals surface area contributed by atoms with Crippen LogP contribution in [0.5, 0.6) is 0 Å². The number of rotatable bonds is 4. The number of hydrogen-bond donors (Lipinski definition) is 3. The Kier molecular flexibility index (Phi) is 5.19. The Hall–Kier alpha value is -3.28. The van der Waals surface area contributed by atoms with E-state index in [0.29, 0.717) is 17.2 Å². The molecule has 2 atom stereocenters. The zero-order chi connectivity index (χ0) is 23.3. The van der Waals surface area contributed by atoms with Crippen LogP contribution >= 0.6 is 11.3 Å². The summed E-state index contributed by atoms with van der Waals surface area (Å²) >= 11 is 1.28. The molecular formula is C21H20F3N5O3S. The van der Waals surface area contributed by atoms with Crippen molar-refractivity contribution in [1.82, 2.24) is 9.78 Å². The molecule has 2 amide bonds. The summed E-state index contributed by atoms with van der Waals surface area (Å²) in [4.78, 5) is 26.0. The molecule has 174 valence electrons. The zero-order valence-corrected chi connectivity index (χ0v) is 18.1. The van der Waals surface area contributed by atoms with E-state index in [1.165, 1.54) is 23.7 Å². The Labute approximate surface area is 189 Å². The second-order valence-electron chi connectivity index (χ2n) is 8.10. The van der Waals surface area contributed by atoms with E-state index in [9.17, 15) is 22.8 Å². The highest BCUT2D eigenvalue weighted by molar-refractivity contribution is 7.17. The highest BCUT2D eigenvalue weighted by atomic mass is 32.1. The smallest absolute Gasteiger partial charge is 0.410 e. The number of nitrogens with one attached hydrogen (secondary N) is 2. The molecule has 12 heteroatoms. The number of primary amides is 1. The molecule has 3 aromatic heterocycles. The first-order valence-corrected chi connectivity index (χ1v) is 11.3. The third-order valence-corrected chi connectivity index (χ3v) is 7.16. The Morgan fingerprint density at radius 3 is 2.79 bits per heavy atom. The molecule has 0 saturated carbocycles. The second kappa shape index (κ2) is 7.94. The average Bonchev–Trinajstić information content (AvgIpc) is 3.49. The van der Waals surface area contributed by atoms with Crippen LogP contribution in [0.2, 0.25) is 0 Å². The molecule has 0 radical (unpaired) electrons. The third kappa shape index (κ3) is 3.88. The maximum Gasteiger partial charge on any atom is 0.410 e. The number of aryl methyl sites for hydroxylation is 1. The number of furan rings is 1. The van der Waals surface area contributed by atoms with E-state index in [0.717, 1.165) is 34.4 Å². The molecular weight excluding hydrogens is 459 g/mol. The van der Waals surface area contributed by atoms with Crippen molar-refractivity contribution in [2.24, 2.45) is 5.73 Å². The van der Waals surface area contributed by atoms with Gasteiger partial charge in [-0.15, -0.1) is 11.3 Å². The minimum absolute atomic E-state index is 0.0516.